The van der Waals surface area contributed by atoms with Crippen molar-refractivity contribution in [3.63, 3.8) is 0 Å². The summed E-state index contributed by atoms with van der Waals surface area (Å²) in [6, 6.07) is 7.65. The Balaban J connectivity index is 2.13. The lowest BCUT2D eigenvalue weighted by molar-refractivity contribution is -0.141. The number of halogens is 1. The van der Waals surface area contributed by atoms with Crippen molar-refractivity contribution >= 4 is 17.5 Å². The summed E-state index contributed by atoms with van der Waals surface area (Å²) in [5, 5.41) is 4.01. The van der Waals surface area contributed by atoms with Crippen molar-refractivity contribution in [1.29, 1.82) is 0 Å². The van der Waals surface area contributed by atoms with Gasteiger partial charge in [0.15, 0.2) is 0 Å². The fraction of sp³-hybridized carbons (Fsp3) is 0.533. The zero-order valence-corrected chi connectivity index (χ0v) is 12.7. The summed E-state index contributed by atoms with van der Waals surface area (Å²) in [5.41, 5.74) is 0.985. The van der Waals surface area contributed by atoms with Crippen LogP contribution < -0.4 is 5.32 Å². The third-order valence-electron chi connectivity index (χ3n) is 3.37. The number of nitrogens with one attached hydrogen (secondary N) is 1. The molecule has 1 aliphatic rings. The molecule has 20 heavy (non-hydrogen) atoms. The van der Waals surface area contributed by atoms with E-state index >= 15 is 0 Å². The molecule has 1 atom stereocenters. The van der Waals surface area contributed by atoms with Crippen molar-refractivity contribution in [2.45, 2.75) is 26.0 Å². The third-order valence-corrected chi connectivity index (χ3v) is 3.71. The molecule has 1 N–H and O–H groups in total. The molecule has 1 aromatic rings. The summed E-state index contributed by atoms with van der Waals surface area (Å²) < 4.78 is 5.43. The van der Waals surface area contributed by atoms with Crippen LogP contribution in [0.2, 0.25) is 5.02 Å². The van der Waals surface area contributed by atoms with E-state index in [9.17, 15) is 4.79 Å². The maximum Gasteiger partial charge on any atom is 0.249 e. The second kappa shape index (κ2) is 7.07. The molecule has 0 spiro atoms. The predicted octanol–water partition coefficient (Wildman–Crippen LogP) is 2.24. The maximum atomic E-state index is 12.3. The molecule has 1 heterocycles. The first kappa shape index (κ1) is 15.3. The SMILES string of the molecule is CC(C)OCC(=O)N1CCNCC1c1ccccc1Cl. The van der Waals surface area contributed by atoms with E-state index in [1.54, 1.807) is 0 Å². The highest BCUT2D eigenvalue weighted by Gasteiger charge is 2.29. The molecule has 0 saturated carbocycles. The predicted molar refractivity (Wildman–Crippen MR) is 79.9 cm³/mol. The maximum absolute atomic E-state index is 12.3. The highest BCUT2D eigenvalue weighted by atomic mass is 35.5. The minimum Gasteiger partial charge on any atom is -0.369 e. The second-order valence-corrected chi connectivity index (χ2v) is 5.60. The first-order valence-corrected chi connectivity index (χ1v) is 7.33. The first-order valence-electron chi connectivity index (χ1n) is 6.96. The average Bonchev–Trinajstić information content (AvgIpc) is 2.45. The lowest BCUT2D eigenvalue weighted by atomic mass is 10.0. The van der Waals surface area contributed by atoms with E-state index in [1.807, 2.05) is 43.0 Å². The van der Waals surface area contributed by atoms with Crippen LogP contribution in [0.4, 0.5) is 0 Å². The highest BCUT2D eigenvalue weighted by Crippen LogP contribution is 2.28. The van der Waals surface area contributed by atoms with Crippen molar-refractivity contribution in [3.8, 4) is 0 Å². The Labute approximate surface area is 125 Å². The van der Waals surface area contributed by atoms with Crippen LogP contribution in [0.25, 0.3) is 0 Å². The zero-order valence-electron chi connectivity index (χ0n) is 11.9. The van der Waals surface area contributed by atoms with Gasteiger partial charge in [-0.2, -0.15) is 0 Å². The van der Waals surface area contributed by atoms with E-state index in [0.29, 0.717) is 11.6 Å². The van der Waals surface area contributed by atoms with Crippen LogP contribution in [0.5, 0.6) is 0 Å². The molecule has 1 saturated heterocycles. The van der Waals surface area contributed by atoms with Gasteiger partial charge in [0.05, 0.1) is 12.1 Å². The summed E-state index contributed by atoms with van der Waals surface area (Å²) in [6.07, 6.45) is 0.0561. The van der Waals surface area contributed by atoms with Crippen molar-refractivity contribution in [3.05, 3.63) is 34.9 Å². The van der Waals surface area contributed by atoms with E-state index < -0.39 is 0 Å². The molecule has 0 aromatic heterocycles. The largest absolute Gasteiger partial charge is 0.369 e. The summed E-state index contributed by atoms with van der Waals surface area (Å²) in [5.74, 6) is 0.0186. The highest BCUT2D eigenvalue weighted by molar-refractivity contribution is 6.31. The standard InChI is InChI=1S/C15H21ClN2O2/c1-11(2)20-10-15(19)18-8-7-17-9-14(18)12-5-3-4-6-13(12)16/h3-6,11,14,17H,7-10H2,1-2H3. The van der Waals surface area contributed by atoms with E-state index in [-0.39, 0.29) is 24.7 Å². The van der Waals surface area contributed by atoms with E-state index in [1.165, 1.54) is 0 Å². The number of rotatable bonds is 4. The van der Waals surface area contributed by atoms with Gasteiger partial charge >= 0.3 is 0 Å². The van der Waals surface area contributed by atoms with Crippen LogP contribution in [-0.4, -0.2) is 43.2 Å². The molecule has 1 fully saturated rings. The van der Waals surface area contributed by atoms with Crippen LogP contribution >= 0.6 is 11.6 Å². The lowest BCUT2D eigenvalue weighted by Crippen LogP contribution is -2.50. The number of hydrogen-bond donors (Lipinski definition) is 1. The van der Waals surface area contributed by atoms with Gasteiger partial charge in [0, 0.05) is 24.7 Å². The van der Waals surface area contributed by atoms with Gasteiger partial charge in [0.1, 0.15) is 6.61 Å². The minimum absolute atomic E-state index is 0.0186. The minimum atomic E-state index is -0.0271. The number of benzene rings is 1. The number of ether oxygens (including phenoxy) is 1. The van der Waals surface area contributed by atoms with E-state index in [0.717, 1.165) is 18.7 Å². The first-order chi connectivity index (χ1) is 9.59. The molecule has 0 radical (unpaired) electrons. The Morgan fingerprint density at radius 2 is 2.25 bits per heavy atom. The van der Waals surface area contributed by atoms with Crippen LogP contribution in [0.1, 0.15) is 25.5 Å². The summed E-state index contributed by atoms with van der Waals surface area (Å²) >= 11 is 6.26. The van der Waals surface area contributed by atoms with Gasteiger partial charge in [-0.05, 0) is 25.5 Å². The van der Waals surface area contributed by atoms with Gasteiger partial charge < -0.3 is 15.0 Å². The summed E-state index contributed by atoms with van der Waals surface area (Å²) in [6.45, 7) is 6.17. The van der Waals surface area contributed by atoms with Crippen molar-refractivity contribution in [1.82, 2.24) is 10.2 Å². The van der Waals surface area contributed by atoms with Crippen molar-refractivity contribution in [2.75, 3.05) is 26.2 Å². The topological polar surface area (TPSA) is 41.6 Å². The Kier molecular flexibility index (Phi) is 5.40. The van der Waals surface area contributed by atoms with Gasteiger partial charge in [-0.25, -0.2) is 0 Å². The number of nitrogens with zero attached hydrogens (tertiary/aromatic N) is 1. The number of amides is 1. The Morgan fingerprint density at radius 3 is 2.95 bits per heavy atom. The zero-order chi connectivity index (χ0) is 14.5. The molecule has 110 valence electrons. The molecule has 1 unspecified atom stereocenters. The van der Waals surface area contributed by atoms with Gasteiger partial charge in [-0.15, -0.1) is 0 Å². The lowest BCUT2D eigenvalue weighted by Gasteiger charge is -2.37. The molecule has 0 bridgehead atoms. The van der Waals surface area contributed by atoms with Gasteiger partial charge in [0.25, 0.3) is 0 Å². The second-order valence-electron chi connectivity index (χ2n) is 5.19. The van der Waals surface area contributed by atoms with Crippen LogP contribution in [0, 0.1) is 0 Å². The van der Waals surface area contributed by atoms with E-state index in [4.69, 9.17) is 16.3 Å². The Hall–Kier alpha value is -1.10. The van der Waals surface area contributed by atoms with Gasteiger partial charge in [-0.1, -0.05) is 29.8 Å². The van der Waals surface area contributed by atoms with Crippen LogP contribution in [-0.2, 0) is 9.53 Å². The summed E-state index contributed by atoms with van der Waals surface area (Å²) in [4.78, 5) is 14.2. The Morgan fingerprint density at radius 1 is 1.50 bits per heavy atom. The molecule has 2 rings (SSSR count). The molecule has 1 amide bonds. The monoisotopic (exact) mass is 296 g/mol. The summed E-state index contributed by atoms with van der Waals surface area (Å²) in [7, 11) is 0. The number of piperazine rings is 1. The molecular weight excluding hydrogens is 276 g/mol. The fourth-order valence-corrected chi connectivity index (χ4v) is 2.61. The van der Waals surface area contributed by atoms with Gasteiger partial charge in [0.2, 0.25) is 5.91 Å². The number of carbonyl (C=O) groups is 1. The normalized spacial score (nSPS) is 19.4. The molecule has 1 aliphatic heterocycles. The van der Waals surface area contributed by atoms with Crippen molar-refractivity contribution < 1.29 is 9.53 Å². The quantitative estimate of drug-likeness (QED) is 0.926. The fourth-order valence-electron chi connectivity index (χ4n) is 2.35. The smallest absolute Gasteiger partial charge is 0.249 e. The molecular formula is C15H21ClN2O2. The molecule has 5 heteroatoms. The third kappa shape index (κ3) is 3.72. The van der Waals surface area contributed by atoms with Crippen molar-refractivity contribution in [2.24, 2.45) is 0 Å². The molecule has 4 nitrogen and oxygen atoms in total. The number of carbonyl (C=O) groups excluding carboxylic acids is 1. The van der Waals surface area contributed by atoms with Gasteiger partial charge in [-0.3, -0.25) is 4.79 Å². The van der Waals surface area contributed by atoms with E-state index in [2.05, 4.69) is 5.32 Å². The Bertz CT molecular complexity index is 465. The van der Waals surface area contributed by atoms with Crippen LogP contribution in [0.3, 0.4) is 0 Å². The average molecular weight is 297 g/mol. The molecule has 1 aromatic carbocycles. The van der Waals surface area contributed by atoms with Crippen LogP contribution in [0.15, 0.2) is 24.3 Å². The number of hydrogen-bond acceptors (Lipinski definition) is 3. The molecule has 0 aliphatic carbocycles.